The van der Waals surface area contributed by atoms with Gasteiger partial charge in [-0.2, -0.15) is 0 Å². The van der Waals surface area contributed by atoms with Crippen molar-refractivity contribution in [2.24, 2.45) is 5.92 Å². The number of hydrogen-bond donors (Lipinski definition) is 1. The molecule has 4 heteroatoms. The van der Waals surface area contributed by atoms with Crippen molar-refractivity contribution in [1.29, 1.82) is 0 Å². The molecule has 0 saturated carbocycles. The second-order valence-corrected chi connectivity index (χ2v) is 6.64. The van der Waals surface area contributed by atoms with E-state index in [0.29, 0.717) is 5.92 Å². The van der Waals surface area contributed by atoms with Crippen molar-refractivity contribution in [1.82, 2.24) is 10.2 Å². The van der Waals surface area contributed by atoms with Gasteiger partial charge in [0.1, 0.15) is 0 Å². The first-order valence-electron chi connectivity index (χ1n) is 7.16. The minimum absolute atomic E-state index is 0.0668. The molecule has 0 aromatic carbocycles. The Morgan fingerprint density at radius 2 is 2.32 bits per heavy atom. The second kappa shape index (κ2) is 6.53. The fourth-order valence-corrected chi connectivity index (χ4v) is 3.49. The van der Waals surface area contributed by atoms with Crippen molar-refractivity contribution >= 4 is 17.2 Å². The third kappa shape index (κ3) is 3.80. The minimum atomic E-state index is 0.0668. The topological polar surface area (TPSA) is 32.3 Å². The fraction of sp³-hybridized carbons (Fsp3) is 0.667. The van der Waals surface area contributed by atoms with Crippen LogP contribution in [0, 0.1) is 5.92 Å². The van der Waals surface area contributed by atoms with E-state index in [0.717, 1.165) is 26.1 Å². The van der Waals surface area contributed by atoms with Gasteiger partial charge < -0.3 is 10.2 Å². The monoisotopic (exact) mass is 280 g/mol. The first-order chi connectivity index (χ1) is 9.10. The van der Waals surface area contributed by atoms with Crippen molar-refractivity contribution in [3.63, 3.8) is 0 Å². The molecule has 1 aliphatic rings. The van der Waals surface area contributed by atoms with Gasteiger partial charge >= 0.3 is 0 Å². The molecule has 3 nitrogen and oxygen atoms in total. The average molecular weight is 280 g/mol. The predicted octanol–water partition coefficient (Wildman–Crippen LogP) is 2.70. The summed E-state index contributed by atoms with van der Waals surface area (Å²) in [5.41, 5.74) is 0. The maximum atomic E-state index is 11.9. The maximum Gasteiger partial charge on any atom is 0.222 e. The van der Waals surface area contributed by atoms with Gasteiger partial charge in [-0.1, -0.05) is 26.8 Å². The zero-order chi connectivity index (χ0) is 13.8. The number of rotatable bonds is 4. The molecule has 1 saturated heterocycles. The van der Waals surface area contributed by atoms with Gasteiger partial charge in [0.15, 0.2) is 0 Å². The van der Waals surface area contributed by atoms with Crippen molar-refractivity contribution in [3.8, 4) is 0 Å². The van der Waals surface area contributed by atoms with Gasteiger partial charge in [-0.15, -0.1) is 11.3 Å². The molecule has 2 atom stereocenters. The molecule has 0 aliphatic carbocycles. The van der Waals surface area contributed by atoms with Gasteiger partial charge in [-0.25, -0.2) is 0 Å². The Morgan fingerprint density at radius 1 is 1.53 bits per heavy atom. The number of likely N-dealkylation sites (tertiary alicyclic amines) is 1. The summed E-state index contributed by atoms with van der Waals surface area (Å²) in [7, 11) is 0. The van der Waals surface area contributed by atoms with Crippen LogP contribution in [0.5, 0.6) is 0 Å². The molecule has 0 spiro atoms. The number of likely N-dealkylation sites (N-methyl/N-ethyl adjacent to an activating group) is 1. The lowest BCUT2D eigenvalue weighted by Gasteiger charge is -2.37. The summed E-state index contributed by atoms with van der Waals surface area (Å²) in [6.45, 7) is 9.24. The van der Waals surface area contributed by atoms with Gasteiger partial charge in [0, 0.05) is 35.8 Å². The van der Waals surface area contributed by atoms with Crippen molar-refractivity contribution in [3.05, 3.63) is 22.4 Å². The summed E-state index contributed by atoms with van der Waals surface area (Å²) in [4.78, 5) is 15.8. The number of hydrogen-bond acceptors (Lipinski definition) is 3. The Balaban J connectivity index is 2.02. The van der Waals surface area contributed by atoms with E-state index in [1.807, 2.05) is 25.2 Å². The van der Waals surface area contributed by atoms with Crippen molar-refractivity contribution in [2.75, 3.05) is 19.6 Å². The highest BCUT2D eigenvalue weighted by Crippen LogP contribution is 2.30. The van der Waals surface area contributed by atoms with Gasteiger partial charge in [0.2, 0.25) is 5.91 Å². The minimum Gasteiger partial charge on any atom is -0.352 e. The molecule has 2 heterocycles. The summed E-state index contributed by atoms with van der Waals surface area (Å²) in [6.07, 6.45) is 1.06. The molecule has 0 radical (unpaired) electrons. The molecule has 19 heavy (non-hydrogen) atoms. The molecule has 1 aliphatic heterocycles. The molecule has 1 amide bonds. The lowest BCUT2D eigenvalue weighted by atomic mass is 9.92. The number of carbonyl (C=O) groups excluding carboxylic acids is 1. The number of thiophene rings is 1. The van der Waals surface area contributed by atoms with Crippen molar-refractivity contribution in [2.45, 2.75) is 39.2 Å². The van der Waals surface area contributed by atoms with Gasteiger partial charge in [0.25, 0.3) is 0 Å². The van der Waals surface area contributed by atoms with Crippen LogP contribution in [0.4, 0.5) is 0 Å². The van der Waals surface area contributed by atoms with Gasteiger partial charge in [-0.05, 0) is 24.4 Å². The molecule has 106 valence electrons. The zero-order valence-electron chi connectivity index (χ0n) is 12.1. The van der Waals surface area contributed by atoms with E-state index in [4.69, 9.17) is 0 Å². The fourth-order valence-electron chi connectivity index (χ4n) is 2.65. The molecule has 2 unspecified atom stereocenters. The molecular formula is C15H24N2OS. The standard InChI is InChI=1S/C15H24N2OS/c1-4-17-9-12(14-6-5-7-19-14)8-13(10-17)16-15(18)11(2)3/h5-7,11-13H,4,8-10H2,1-3H3,(H,16,18). The summed E-state index contributed by atoms with van der Waals surface area (Å²) in [5.74, 6) is 0.802. The molecule has 0 bridgehead atoms. The van der Waals surface area contributed by atoms with E-state index in [-0.39, 0.29) is 17.9 Å². The Labute approximate surface area is 120 Å². The van der Waals surface area contributed by atoms with E-state index in [1.165, 1.54) is 4.88 Å². The number of amides is 1. The van der Waals surface area contributed by atoms with Crippen LogP contribution in [-0.4, -0.2) is 36.5 Å². The number of nitrogens with one attached hydrogen (secondary N) is 1. The first kappa shape index (κ1) is 14.5. The Hall–Kier alpha value is -0.870. The van der Waals surface area contributed by atoms with Crippen LogP contribution in [0.3, 0.4) is 0 Å². The quantitative estimate of drug-likeness (QED) is 0.919. The predicted molar refractivity (Wildman–Crippen MR) is 80.6 cm³/mol. The third-order valence-electron chi connectivity index (χ3n) is 3.79. The first-order valence-corrected chi connectivity index (χ1v) is 8.04. The smallest absolute Gasteiger partial charge is 0.222 e. The zero-order valence-corrected chi connectivity index (χ0v) is 12.9. The van der Waals surface area contributed by atoms with Crippen LogP contribution < -0.4 is 5.32 Å². The summed E-state index contributed by atoms with van der Waals surface area (Å²) < 4.78 is 0. The molecule has 1 aromatic heterocycles. The lowest BCUT2D eigenvalue weighted by Crippen LogP contribution is -2.50. The molecule has 1 aromatic rings. The van der Waals surface area contributed by atoms with Crippen molar-refractivity contribution < 1.29 is 4.79 Å². The van der Waals surface area contributed by atoms with Gasteiger partial charge in [0.05, 0.1) is 0 Å². The maximum absolute atomic E-state index is 11.9. The molecule has 1 fully saturated rings. The van der Waals surface area contributed by atoms with Crippen LogP contribution in [0.1, 0.15) is 38.0 Å². The van der Waals surface area contributed by atoms with E-state index < -0.39 is 0 Å². The van der Waals surface area contributed by atoms with Gasteiger partial charge in [-0.3, -0.25) is 4.79 Å². The van der Waals surface area contributed by atoms with Crippen LogP contribution in [0.15, 0.2) is 17.5 Å². The molecule has 2 rings (SSSR count). The third-order valence-corrected chi connectivity index (χ3v) is 4.82. The van der Waals surface area contributed by atoms with E-state index in [2.05, 4.69) is 34.7 Å². The van der Waals surface area contributed by atoms with Crippen LogP contribution in [0.25, 0.3) is 0 Å². The number of piperidine rings is 1. The Morgan fingerprint density at radius 3 is 2.89 bits per heavy atom. The normalized spacial score (nSPS) is 24.6. The number of carbonyl (C=O) groups is 1. The highest BCUT2D eigenvalue weighted by Gasteiger charge is 2.29. The number of nitrogens with zero attached hydrogens (tertiary/aromatic N) is 1. The Bertz CT molecular complexity index is 402. The second-order valence-electron chi connectivity index (χ2n) is 5.66. The van der Waals surface area contributed by atoms with Crippen LogP contribution in [-0.2, 0) is 4.79 Å². The SMILES string of the molecule is CCN1CC(NC(=O)C(C)C)CC(c2cccs2)C1. The lowest BCUT2D eigenvalue weighted by molar-refractivity contribution is -0.125. The summed E-state index contributed by atoms with van der Waals surface area (Å²) in [6, 6.07) is 4.62. The highest BCUT2D eigenvalue weighted by atomic mass is 32.1. The summed E-state index contributed by atoms with van der Waals surface area (Å²) in [5, 5.41) is 5.34. The van der Waals surface area contributed by atoms with E-state index in [9.17, 15) is 4.79 Å². The van der Waals surface area contributed by atoms with Crippen LogP contribution in [0.2, 0.25) is 0 Å². The highest BCUT2D eigenvalue weighted by molar-refractivity contribution is 7.10. The van der Waals surface area contributed by atoms with Crippen LogP contribution >= 0.6 is 11.3 Å². The molecule has 1 N–H and O–H groups in total. The largest absolute Gasteiger partial charge is 0.352 e. The summed E-state index contributed by atoms with van der Waals surface area (Å²) >= 11 is 1.83. The van der Waals surface area contributed by atoms with E-state index in [1.54, 1.807) is 0 Å². The average Bonchev–Trinajstić information content (AvgIpc) is 2.92. The van der Waals surface area contributed by atoms with E-state index >= 15 is 0 Å². The Kier molecular flexibility index (Phi) is 4.99. The molecular weight excluding hydrogens is 256 g/mol.